The highest BCUT2D eigenvalue weighted by atomic mass is 35.5. The highest BCUT2D eigenvalue weighted by molar-refractivity contribution is 6.35. The number of aldehydes is 1. The summed E-state index contributed by atoms with van der Waals surface area (Å²) in [5, 5.41) is 1.54. The van der Waals surface area contributed by atoms with Crippen molar-refractivity contribution in [3.05, 3.63) is 56.0 Å². The van der Waals surface area contributed by atoms with Crippen molar-refractivity contribution in [2.24, 2.45) is 0 Å². The number of rotatable bonds is 2. The van der Waals surface area contributed by atoms with Gasteiger partial charge in [0.1, 0.15) is 17.3 Å². The zero-order chi connectivity index (χ0) is 15.9. The molecule has 0 fully saturated rings. The van der Waals surface area contributed by atoms with Gasteiger partial charge in [0.25, 0.3) is 0 Å². The minimum Gasteiger partial charge on any atom is -0.303 e. The highest BCUT2D eigenvalue weighted by Crippen LogP contribution is 2.44. The molecule has 1 aromatic heterocycles. The molecule has 3 rings (SSSR count). The zero-order valence-corrected chi connectivity index (χ0v) is 14.1. The van der Waals surface area contributed by atoms with Crippen LogP contribution in [0.2, 0.25) is 15.2 Å². The Balaban J connectivity index is 2.18. The van der Waals surface area contributed by atoms with E-state index < -0.39 is 0 Å². The van der Waals surface area contributed by atoms with Crippen LogP contribution in [0.1, 0.15) is 47.3 Å². The number of carbonyl (C=O) groups is 1. The summed E-state index contributed by atoms with van der Waals surface area (Å²) in [4.78, 5) is 20.1. The molecular formula is C16H13Cl3N2O. The zero-order valence-electron chi connectivity index (χ0n) is 11.8. The lowest BCUT2D eigenvalue weighted by molar-refractivity contribution is -0.109. The molecule has 0 aliphatic heterocycles. The second-order valence-corrected chi connectivity index (χ2v) is 6.60. The fourth-order valence-electron chi connectivity index (χ4n) is 3.03. The first-order valence-electron chi connectivity index (χ1n) is 6.95. The third-order valence-corrected chi connectivity index (χ3v) is 4.86. The van der Waals surface area contributed by atoms with Crippen LogP contribution in [0.4, 0.5) is 0 Å². The average molecular weight is 356 g/mol. The molecule has 1 heterocycles. The van der Waals surface area contributed by atoms with Crippen LogP contribution in [0.3, 0.4) is 0 Å². The van der Waals surface area contributed by atoms with Crippen LogP contribution in [-0.4, -0.2) is 16.3 Å². The topological polar surface area (TPSA) is 42.9 Å². The Morgan fingerprint density at radius 3 is 2.64 bits per heavy atom. The summed E-state index contributed by atoms with van der Waals surface area (Å²) in [6, 6.07) is 5.44. The summed E-state index contributed by atoms with van der Waals surface area (Å²) < 4.78 is 0. The normalized spacial score (nSPS) is 20.5. The molecule has 1 aliphatic carbocycles. The Bertz CT molecular complexity index is 748. The first-order chi connectivity index (χ1) is 10.5. The molecule has 1 aromatic carbocycles. The van der Waals surface area contributed by atoms with Gasteiger partial charge in [-0.3, -0.25) is 0 Å². The summed E-state index contributed by atoms with van der Waals surface area (Å²) in [5.41, 5.74) is 2.47. The largest absolute Gasteiger partial charge is 0.303 e. The van der Waals surface area contributed by atoms with Gasteiger partial charge in [-0.15, -0.1) is 0 Å². The molecule has 2 atom stereocenters. The van der Waals surface area contributed by atoms with E-state index in [1.165, 1.54) is 0 Å². The van der Waals surface area contributed by atoms with Crippen LogP contribution in [0, 0.1) is 6.92 Å². The van der Waals surface area contributed by atoms with Crippen LogP contribution >= 0.6 is 34.8 Å². The molecule has 22 heavy (non-hydrogen) atoms. The molecule has 6 heteroatoms. The number of hydrogen-bond donors (Lipinski definition) is 0. The van der Waals surface area contributed by atoms with Crippen molar-refractivity contribution in [3.8, 4) is 0 Å². The van der Waals surface area contributed by atoms with Gasteiger partial charge >= 0.3 is 0 Å². The lowest BCUT2D eigenvalue weighted by Crippen LogP contribution is -2.20. The number of nitrogens with zero attached hydrogens (tertiary/aromatic N) is 2. The maximum absolute atomic E-state index is 11.4. The van der Waals surface area contributed by atoms with Crippen molar-refractivity contribution in [1.82, 2.24) is 9.97 Å². The standard InChI is InChI=1S/C16H13Cl3N2O/c1-8-20-15-12(11-5-3-10(17)6-13(11)18)4-2-9(7-22)14(15)16(19)21-8/h3,5-7,9,12H,2,4H2,1H3. The molecule has 0 spiro atoms. The van der Waals surface area contributed by atoms with Crippen molar-refractivity contribution >= 4 is 41.1 Å². The molecule has 0 saturated heterocycles. The summed E-state index contributed by atoms with van der Waals surface area (Å²) in [7, 11) is 0. The molecule has 0 N–H and O–H groups in total. The van der Waals surface area contributed by atoms with Gasteiger partial charge in [-0.05, 0) is 37.5 Å². The molecule has 0 bridgehead atoms. The van der Waals surface area contributed by atoms with Gasteiger partial charge in [-0.25, -0.2) is 9.97 Å². The van der Waals surface area contributed by atoms with E-state index in [0.29, 0.717) is 27.4 Å². The first kappa shape index (κ1) is 15.7. The van der Waals surface area contributed by atoms with Crippen LogP contribution in [0.5, 0.6) is 0 Å². The van der Waals surface area contributed by atoms with Gasteiger partial charge in [0.15, 0.2) is 0 Å². The number of carbonyl (C=O) groups excluding carboxylic acids is 1. The van der Waals surface area contributed by atoms with Crippen LogP contribution in [0.15, 0.2) is 18.2 Å². The Kier molecular flexibility index (Phi) is 4.40. The van der Waals surface area contributed by atoms with Gasteiger partial charge in [-0.2, -0.15) is 0 Å². The van der Waals surface area contributed by atoms with Crippen molar-refractivity contribution < 1.29 is 4.79 Å². The van der Waals surface area contributed by atoms with E-state index in [1.54, 1.807) is 13.0 Å². The van der Waals surface area contributed by atoms with E-state index in [0.717, 1.165) is 29.5 Å². The molecule has 114 valence electrons. The third-order valence-electron chi connectivity index (χ3n) is 4.01. The third kappa shape index (κ3) is 2.73. The van der Waals surface area contributed by atoms with Gasteiger partial charge in [0.05, 0.1) is 5.69 Å². The number of aromatic nitrogens is 2. The molecule has 0 radical (unpaired) electrons. The van der Waals surface area contributed by atoms with Gasteiger partial charge < -0.3 is 4.79 Å². The maximum Gasteiger partial charge on any atom is 0.136 e. The molecule has 0 amide bonds. The van der Waals surface area contributed by atoms with E-state index >= 15 is 0 Å². The lowest BCUT2D eigenvalue weighted by atomic mass is 9.77. The fraction of sp³-hybridized carbons (Fsp3) is 0.312. The monoisotopic (exact) mass is 354 g/mol. The second kappa shape index (κ2) is 6.15. The van der Waals surface area contributed by atoms with Crippen LogP contribution in [-0.2, 0) is 4.79 Å². The summed E-state index contributed by atoms with van der Waals surface area (Å²) in [6.45, 7) is 1.79. The number of hydrogen-bond acceptors (Lipinski definition) is 3. The van der Waals surface area contributed by atoms with Crippen molar-refractivity contribution in [2.45, 2.75) is 31.6 Å². The minimum atomic E-state index is -0.259. The number of halogens is 3. The van der Waals surface area contributed by atoms with Gasteiger partial charge in [0, 0.05) is 27.4 Å². The second-order valence-electron chi connectivity index (χ2n) is 5.40. The van der Waals surface area contributed by atoms with Crippen LogP contribution < -0.4 is 0 Å². The first-order valence-corrected chi connectivity index (χ1v) is 8.08. The SMILES string of the molecule is Cc1nc(Cl)c2c(n1)C(c1ccc(Cl)cc1Cl)CCC2C=O. The number of benzene rings is 1. The number of aryl methyl sites for hydroxylation is 1. The average Bonchev–Trinajstić information content (AvgIpc) is 2.46. The summed E-state index contributed by atoms with van der Waals surface area (Å²) in [6.07, 6.45) is 2.40. The lowest BCUT2D eigenvalue weighted by Gasteiger charge is -2.29. The van der Waals surface area contributed by atoms with Crippen LogP contribution in [0.25, 0.3) is 0 Å². The van der Waals surface area contributed by atoms with E-state index in [4.69, 9.17) is 34.8 Å². The fourth-order valence-corrected chi connectivity index (χ4v) is 3.93. The smallest absolute Gasteiger partial charge is 0.136 e. The van der Waals surface area contributed by atoms with Gasteiger partial charge in [0.2, 0.25) is 0 Å². The molecule has 3 nitrogen and oxygen atoms in total. The van der Waals surface area contributed by atoms with Gasteiger partial charge in [-0.1, -0.05) is 40.9 Å². The van der Waals surface area contributed by atoms with E-state index in [1.807, 2.05) is 12.1 Å². The molecule has 2 unspecified atom stereocenters. The Labute approximate surface area is 143 Å². The highest BCUT2D eigenvalue weighted by Gasteiger charge is 2.33. The molecule has 0 saturated carbocycles. The number of fused-ring (bicyclic) bond motifs is 1. The van der Waals surface area contributed by atoms with Crippen molar-refractivity contribution in [2.75, 3.05) is 0 Å². The Morgan fingerprint density at radius 2 is 1.95 bits per heavy atom. The minimum absolute atomic E-state index is 0.00448. The predicted octanol–water partition coefficient (Wildman–Crippen LogP) is 4.95. The van der Waals surface area contributed by atoms with Crippen molar-refractivity contribution in [3.63, 3.8) is 0 Å². The predicted molar refractivity (Wildman–Crippen MR) is 88.1 cm³/mol. The van der Waals surface area contributed by atoms with E-state index in [-0.39, 0.29) is 11.8 Å². The Morgan fingerprint density at radius 1 is 1.18 bits per heavy atom. The quantitative estimate of drug-likeness (QED) is 0.565. The Hall–Kier alpha value is -1.16. The maximum atomic E-state index is 11.4. The summed E-state index contributed by atoms with van der Waals surface area (Å²) in [5.74, 6) is 0.325. The molecule has 1 aliphatic rings. The summed E-state index contributed by atoms with van der Waals surface area (Å²) >= 11 is 18.6. The van der Waals surface area contributed by atoms with E-state index in [9.17, 15) is 4.79 Å². The molecule has 2 aromatic rings. The van der Waals surface area contributed by atoms with Crippen molar-refractivity contribution in [1.29, 1.82) is 0 Å². The molecular weight excluding hydrogens is 343 g/mol. The van der Waals surface area contributed by atoms with E-state index in [2.05, 4.69) is 9.97 Å².